The van der Waals surface area contributed by atoms with Gasteiger partial charge in [0.25, 0.3) is 5.91 Å². The molecule has 0 saturated carbocycles. The SMILES string of the molecule is Cc1c(Cl)cccc1C(=O)NOCC(C)C. The van der Waals surface area contributed by atoms with Gasteiger partial charge >= 0.3 is 0 Å². The molecule has 0 unspecified atom stereocenters. The Labute approximate surface area is 101 Å². The van der Waals surface area contributed by atoms with Crippen molar-refractivity contribution in [3.8, 4) is 0 Å². The first-order chi connectivity index (χ1) is 7.52. The van der Waals surface area contributed by atoms with E-state index in [2.05, 4.69) is 5.48 Å². The second-order valence-electron chi connectivity index (χ2n) is 4.05. The van der Waals surface area contributed by atoms with E-state index in [1.807, 2.05) is 13.8 Å². The van der Waals surface area contributed by atoms with Crippen LogP contribution >= 0.6 is 11.6 Å². The highest BCUT2D eigenvalue weighted by molar-refractivity contribution is 6.31. The molecule has 0 aliphatic heterocycles. The van der Waals surface area contributed by atoms with Crippen LogP contribution in [0.2, 0.25) is 5.02 Å². The largest absolute Gasteiger partial charge is 0.275 e. The molecule has 1 N–H and O–H groups in total. The Morgan fingerprint density at radius 1 is 1.50 bits per heavy atom. The molecule has 1 aromatic carbocycles. The lowest BCUT2D eigenvalue weighted by Crippen LogP contribution is -2.26. The molecular formula is C12H16ClNO2. The molecule has 0 spiro atoms. The molecule has 1 aromatic rings. The summed E-state index contributed by atoms with van der Waals surface area (Å²) in [6, 6.07) is 5.21. The standard InChI is InChI=1S/C12H16ClNO2/c1-8(2)7-16-14-12(15)10-5-4-6-11(13)9(10)3/h4-6,8H,7H2,1-3H3,(H,14,15). The first-order valence-corrected chi connectivity index (χ1v) is 5.57. The van der Waals surface area contributed by atoms with E-state index in [4.69, 9.17) is 16.4 Å². The number of carbonyl (C=O) groups is 1. The monoisotopic (exact) mass is 241 g/mol. The van der Waals surface area contributed by atoms with Gasteiger partial charge in [-0.1, -0.05) is 31.5 Å². The van der Waals surface area contributed by atoms with Gasteiger partial charge in [-0.2, -0.15) is 0 Å². The zero-order chi connectivity index (χ0) is 12.1. The first-order valence-electron chi connectivity index (χ1n) is 5.19. The second kappa shape index (κ2) is 5.87. The minimum atomic E-state index is -0.263. The van der Waals surface area contributed by atoms with Gasteiger partial charge in [0, 0.05) is 10.6 Å². The third kappa shape index (κ3) is 3.51. The van der Waals surface area contributed by atoms with Crippen LogP contribution in [-0.2, 0) is 4.84 Å². The van der Waals surface area contributed by atoms with E-state index < -0.39 is 0 Å². The van der Waals surface area contributed by atoms with Crippen molar-refractivity contribution in [1.29, 1.82) is 0 Å². The maximum absolute atomic E-state index is 11.7. The Balaban J connectivity index is 2.63. The van der Waals surface area contributed by atoms with Gasteiger partial charge < -0.3 is 0 Å². The van der Waals surface area contributed by atoms with Crippen LogP contribution in [-0.4, -0.2) is 12.5 Å². The van der Waals surface area contributed by atoms with Gasteiger partial charge in [-0.3, -0.25) is 9.63 Å². The molecule has 0 radical (unpaired) electrons. The summed E-state index contributed by atoms with van der Waals surface area (Å²) in [7, 11) is 0. The molecule has 0 aromatic heterocycles. The predicted molar refractivity (Wildman–Crippen MR) is 64.4 cm³/mol. The van der Waals surface area contributed by atoms with Crippen LogP contribution < -0.4 is 5.48 Å². The molecule has 0 saturated heterocycles. The average Bonchev–Trinajstić information content (AvgIpc) is 2.21. The van der Waals surface area contributed by atoms with E-state index in [1.165, 1.54) is 0 Å². The summed E-state index contributed by atoms with van der Waals surface area (Å²) in [5, 5.41) is 0.580. The second-order valence-corrected chi connectivity index (χ2v) is 4.46. The Morgan fingerprint density at radius 2 is 2.19 bits per heavy atom. The number of halogens is 1. The number of hydrogen-bond acceptors (Lipinski definition) is 2. The van der Waals surface area contributed by atoms with Crippen LogP contribution in [0, 0.1) is 12.8 Å². The van der Waals surface area contributed by atoms with Crippen molar-refractivity contribution in [2.24, 2.45) is 5.92 Å². The van der Waals surface area contributed by atoms with Crippen molar-refractivity contribution in [3.05, 3.63) is 34.3 Å². The lowest BCUT2D eigenvalue weighted by atomic mass is 10.1. The molecule has 0 bridgehead atoms. The number of hydroxylamine groups is 1. The Bertz CT molecular complexity index is 377. The van der Waals surface area contributed by atoms with Crippen molar-refractivity contribution >= 4 is 17.5 Å². The van der Waals surface area contributed by atoms with Crippen LogP contribution in [0.15, 0.2) is 18.2 Å². The van der Waals surface area contributed by atoms with E-state index in [9.17, 15) is 4.79 Å². The van der Waals surface area contributed by atoms with E-state index >= 15 is 0 Å². The zero-order valence-electron chi connectivity index (χ0n) is 9.71. The van der Waals surface area contributed by atoms with Crippen LogP contribution in [0.5, 0.6) is 0 Å². The van der Waals surface area contributed by atoms with Crippen molar-refractivity contribution in [2.75, 3.05) is 6.61 Å². The fourth-order valence-electron chi connectivity index (χ4n) is 1.18. The Kier molecular flexibility index (Phi) is 4.77. The van der Waals surface area contributed by atoms with Crippen LogP contribution in [0.4, 0.5) is 0 Å². The molecular weight excluding hydrogens is 226 g/mol. The summed E-state index contributed by atoms with van der Waals surface area (Å²) < 4.78 is 0. The van der Waals surface area contributed by atoms with Gasteiger partial charge in [0.2, 0.25) is 0 Å². The molecule has 16 heavy (non-hydrogen) atoms. The highest BCUT2D eigenvalue weighted by atomic mass is 35.5. The quantitative estimate of drug-likeness (QED) is 0.823. The smallest absolute Gasteiger partial charge is 0.273 e. The lowest BCUT2D eigenvalue weighted by molar-refractivity contribution is 0.0208. The summed E-state index contributed by atoms with van der Waals surface area (Å²) >= 11 is 5.92. The van der Waals surface area contributed by atoms with Crippen LogP contribution in [0.1, 0.15) is 29.8 Å². The summed E-state index contributed by atoms with van der Waals surface area (Å²) in [6.07, 6.45) is 0. The maximum Gasteiger partial charge on any atom is 0.275 e. The summed E-state index contributed by atoms with van der Waals surface area (Å²) in [4.78, 5) is 16.8. The number of nitrogens with one attached hydrogen (secondary N) is 1. The van der Waals surface area contributed by atoms with Gasteiger partial charge in [-0.25, -0.2) is 5.48 Å². The van der Waals surface area contributed by atoms with Gasteiger partial charge in [0.05, 0.1) is 6.61 Å². The fourth-order valence-corrected chi connectivity index (χ4v) is 1.36. The van der Waals surface area contributed by atoms with Crippen molar-refractivity contribution in [3.63, 3.8) is 0 Å². The van der Waals surface area contributed by atoms with Crippen molar-refractivity contribution in [2.45, 2.75) is 20.8 Å². The van der Waals surface area contributed by atoms with Gasteiger partial charge in [-0.15, -0.1) is 0 Å². The van der Waals surface area contributed by atoms with E-state index in [-0.39, 0.29) is 5.91 Å². The first kappa shape index (κ1) is 13.0. The highest BCUT2D eigenvalue weighted by Gasteiger charge is 2.10. The maximum atomic E-state index is 11.7. The van der Waals surface area contributed by atoms with Crippen molar-refractivity contribution in [1.82, 2.24) is 5.48 Å². The molecule has 88 valence electrons. The number of benzene rings is 1. The molecule has 3 nitrogen and oxygen atoms in total. The van der Waals surface area contributed by atoms with Gasteiger partial charge in [-0.05, 0) is 30.5 Å². The number of rotatable bonds is 4. The topological polar surface area (TPSA) is 38.3 Å². The molecule has 0 atom stereocenters. The molecule has 0 fully saturated rings. The predicted octanol–water partition coefficient (Wildman–Crippen LogP) is 2.97. The lowest BCUT2D eigenvalue weighted by Gasteiger charge is -2.09. The third-order valence-electron chi connectivity index (χ3n) is 2.09. The Hall–Kier alpha value is -1.06. The number of carbonyl (C=O) groups excluding carboxylic acids is 1. The molecule has 1 rings (SSSR count). The van der Waals surface area contributed by atoms with Crippen LogP contribution in [0.25, 0.3) is 0 Å². The zero-order valence-corrected chi connectivity index (χ0v) is 10.5. The van der Waals surface area contributed by atoms with E-state index in [0.29, 0.717) is 23.1 Å². The molecule has 1 amide bonds. The Morgan fingerprint density at radius 3 is 2.81 bits per heavy atom. The number of amides is 1. The van der Waals surface area contributed by atoms with Crippen LogP contribution in [0.3, 0.4) is 0 Å². The van der Waals surface area contributed by atoms with Gasteiger partial charge in [0.1, 0.15) is 0 Å². The minimum absolute atomic E-state index is 0.263. The normalized spacial score (nSPS) is 10.6. The summed E-state index contributed by atoms with van der Waals surface area (Å²) in [5.74, 6) is 0.112. The fraction of sp³-hybridized carbons (Fsp3) is 0.417. The number of hydrogen-bond donors (Lipinski definition) is 1. The molecule has 0 heterocycles. The molecule has 0 aliphatic rings. The molecule has 4 heteroatoms. The van der Waals surface area contributed by atoms with Crippen molar-refractivity contribution < 1.29 is 9.63 Å². The highest BCUT2D eigenvalue weighted by Crippen LogP contribution is 2.18. The van der Waals surface area contributed by atoms with E-state index in [0.717, 1.165) is 5.56 Å². The van der Waals surface area contributed by atoms with E-state index in [1.54, 1.807) is 25.1 Å². The third-order valence-corrected chi connectivity index (χ3v) is 2.50. The average molecular weight is 242 g/mol. The summed E-state index contributed by atoms with van der Waals surface area (Å²) in [5.41, 5.74) is 3.70. The molecule has 0 aliphatic carbocycles. The minimum Gasteiger partial charge on any atom is -0.273 e. The van der Waals surface area contributed by atoms with Gasteiger partial charge in [0.15, 0.2) is 0 Å². The summed E-state index contributed by atoms with van der Waals surface area (Å²) in [6.45, 7) is 6.32.